The van der Waals surface area contributed by atoms with E-state index >= 15 is 0 Å². The molecule has 0 bridgehead atoms. The molecule has 0 radical (unpaired) electrons. The lowest BCUT2D eigenvalue weighted by atomic mass is 10.4. The van der Waals surface area contributed by atoms with Gasteiger partial charge in [0.2, 0.25) is 11.9 Å². The fraction of sp³-hybridized carbons (Fsp3) is 0.429. The summed E-state index contributed by atoms with van der Waals surface area (Å²) in [5.74, 6) is -0.0834. The summed E-state index contributed by atoms with van der Waals surface area (Å²) < 4.78 is 19.2. The molecule has 0 unspecified atom stereocenters. The Labute approximate surface area is 142 Å². The van der Waals surface area contributed by atoms with E-state index in [-0.39, 0.29) is 18.1 Å². The standard InChI is InChI=1S/C14H17FN6O2S/c15-10-9-18-13(20-12(10)21-4-6-23-7-5-21)16-2-1-11(22)19-14-17-3-8-24-14/h3,8-9H,1-2,4-7H2,(H,16,18,20)(H,17,19,22). The van der Waals surface area contributed by atoms with Gasteiger partial charge in [-0.3, -0.25) is 4.79 Å². The first-order valence-electron chi connectivity index (χ1n) is 7.51. The van der Waals surface area contributed by atoms with Crippen molar-refractivity contribution in [2.24, 2.45) is 0 Å². The van der Waals surface area contributed by atoms with Crippen LogP contribution in [0.1, 0.15) is 6.42 Å². The number of halogens is 1. The van der Waals surface area contributed by atoms with Gasteiger partial charge in [-0.25, -0.2) is 14.4 Å². The van der Waals surface area contributed by atoms with Crippen molar-refractivity contribution in [2.45, 2.75) is 6.42 Å². The van der Waals surface area contributed by atoms with Gasteiger partial charge in [0.15, 0.2) is 16.8 Å². The van der Waals surface area contributed by atoms with Crippen LogP contribution >= 0.6 is 11.3 Å². The van der Waals surface area contributed by atoms with Gasteiger partial charge in [0, 0.05) is 37.6 Å². The van der Waals surface area contributed by atoms with Crippen molar-refractivity contribution < 1.29 is 13.9 Å². The summed E-state index contributed by atoms with van der Waals surface area (Å²) in [6.07, 6.45) is 2.99. The maximum atomic E-state index is 13.9. The molecule has 1 aliphatic heterocycles. The average Bonchev–Trinajstić information content (AvgIpc) is 3.10. The van der Waals surface area contributed by atoms with Crippen molar-refractivity contribution >= 4 is 34.1 Å². The lowest BCUT2D eigenvalue weighted by molar-refractivity contribution is -0.115. The molecule has 8 nitrogen and oxygen atoms in total. The van der Waals surface area contributed by atoms with Gasteiger partial charge in [-0.05, 0) is 0 Å². The van der Waals surface area contributed by atoms with E-state index in [9.17, 15) is 9.18 Å². The number of amides is 1. The summed E-state index contributed by atoms with van der Waals surface area (Å²) in [5, 5.41) is 7.97. The number of aromatic nitrogens is 3. The maximum absolute atomic E-state index is 13.9. The van der Waals surface area contributed by atoms with Crippen LogP contribution in [0, 0.1) is 5.82 Å². The zero-order chi connectivity index (χ0) is 16.8. The molecule has 0 atom stereocenters. The third-order valence-corrected chi connectivity index (χ3v) is 4.04. The third kappa shape index (κ3) is 4.36. The van der Waals surface area contributed by atoms with E-state index in [2.05, 4.69) is 25.6 Å². The molecule has 128 valence electrons. The van der Waals surface area contributed by atoms with Gasteiger partial charge in [-0.15, -0.1) is 11.3 Å². The van der Waals surface area contributed by atoms with Crippen molar-refractivity contribution in [3.8, 4) is 0 Å². The largest absolute Gasteiger partial charge is 0.378 e. The highest BCUT2D eigenvalue weighted by Crippen LogP contribution is 2.18. The van der Waals surface area contributed by atoms with Crippen LogP contribution < -0.4 is 15.5 Å². The summed E-state index contributed by atoms with van der Waals surface area (Å²) in [4.78, 5) is 25.7. The van der Waals surface area contributed by atoms with Crippen LogP contribution in [0.15, 0.2) is 17.8 Å². The molecule has 3 heterocycles. The second kappa shape index (κ2) is 7.97. The Hall–Kier alpha value is -2.33. The number of morpholine rings is 1. The number of thiazole rings is 1. The fourth-order valence-corrected chi connectivity index (χ4v) is 2.74. The van der Waals surface area contributed by atoms with Gasteiger partial charge in [-0.2, -0.15) is 4.98 Å². The molecule has 2 aromatic rings. The Morgan fingerprint density at radius 1 is 1.38 bits per heavy atom. The number of nitrogens with one attached hydrogen (secondary N) is 2. The molecule has 2 aromatic heterocycles. The number of hydrogen-bond acceptors (Lipinski definition) is 8. The van der Waals surface area contributed by atoms with Crippen molar-refractivity contribution in [3.63, 3.8) is 0 Å². The number of carbonyl (C=O) groups excluding carboxylic acids is 1. The van der Waals surface area contributed by atoms with Gasteiger partial charge in [0.05, 0.1) is 19.4 Å². The van der Waals surface area contributed by atoms with Gasteiger partial charge >= 0.3 is 0 Å². The molecular formula is C14H17FN6O2S. The highest BCUT2D eigenvalue weighted by molar-refractivity contribution is 7.13. The number of nitrogens with zero attached hydrogens (tertiary/aromatic N) is 4. The molecule has 1 amide bonds. The Morgan fingerprint density at radius 3 is 2.96 bits per heavy atom. The lowest BCUT2D eigenvalue weighted by Gasteiger charge is -2.28. The Bertz CT molecular complexity index is 678. The zero-order valence-corrected chi connectivity index (χ0v) is 13.7. The lowest BCUT2D eigenvalue weighted by Crippen LogP contribution is -2.37. The first-order valence-corrected chi connectivity index (χ1v) is 8.39. The SMILES string of the molecule is O=C(CCNc1ncc(F)c(N2CCOCC2)n1)Nc1nccs1. The Kier molecular flexibility index (Phi) is 5.49. The minimum Gasteiger partial charge on any atom is -0.378 e. The third-order valence-electron chi connectivity index (χ3n) is 3.35. The highest BCUT2D eigenvalue weighted by Gasteiger charge is 2.17. The van der Waals surface area contributed by atoms with E-state index in [1.807, 2.05) is 4.90 Å². The zero-order valence-electron chi connectivity index (χ0n) is 12.9. The molecule has 1 aliphatic rings. The van der Waals surface area contributed by atoms with Crippen LogP contribution in [0.3, 0.4) is 0 Å². The summed E-state index contributed by atoms with van der Waals surface area (Å²) in [6.45, 7) is 2.60. The van der Waals surface area contributed by atoms with Crippen molar-refractivity contribution in [1.29, 1.82) is 0 Å². The summed E-state index contributed by atoms with van der Waals surface area (Å²) in [5.41, 5.74) is 0. The second-order valence-corrected chi connectivity index (χ2v) is 5.92. The molecule has 10 heteroatoms. The number of rotatable bonds is 6. The predicted octanol–water partition coefficient (Wildman–Crippen LogP) is 1.35. The Morgan fingerprint density at radius 2 is 2.21 bits per heavy atom. The average molecular weight is 352 g/mol. The molecule has 2 N–H and O–H groups in total. The van der Waals surface area contributed by atoms with Crippen LogP contribution in [-0.2, 0) is 9.53 Å². The van der Waals surface area contributed by atoms with E-state index in [0.717, 1.165) is 6.20 Å². The smallest absolute Gasteiger partial charge is 0.227 e. The molecule has 1 fully saturated rings. The van der Waals surface area contributed by atoms with Crippen LogP contribution in [0.5, 0.6) is 0 Å². The summed E-state index contributed by atoms with van der Waals surface area (Å²) in [7, 11) is 0. The van der Waals surface area contributed by atoms with E-state index in [4.69, 9.17) is 4.74 Å². The molecule has 3 rings (SSSR count). The number of anilines is 3. The number of hydrogen-bond donors (Lipinski definition) is 2. The monoisotopic (exact) mass is 352 g/mol. The first-order chi connectivity index (χ1) is 11.7. The van der Waals surface area contributed by atoms with E-state index in [0.29, 0.717) is 43.9 Å². The van der Waals surface area contributed by atoms with Crippen LogP contribution in [-0.4, -0.2) is 53.7 Å². The quantitative estimate of drug-likeness (QED) is 0.811. The van der Waals surface area contributed by atoms with Crippen LogP contribution in [0.2, 0.25) is 0 Å². The molecule has 0 saturated carbocycles. The van der Waals surface area contributed by atoms with Crippen molar-refractivity contribution in [3.05, 3.63) is 23.6 Å². The van der Waals surface area contributed by atoms with Gasteiger partial charge < -0.3 is 20.3 Å². The van der Waals surface area contributed by atoms with Crippen molar-refractivity contribution in [2.75, 3.05) is 48.4 Å². The molecule has 1 saturated heterocycles. The van der Waals surface area contributed by atoms with Crippen LogP contribution in [0.4, 0.5) is 21.3 Å². The second-order valence-electron chi connectivity index (χ2n) is 5.03. The van der Waals surface area contributed by atoms with Gasteiger partial charge in [-0.1, -0.05) is 0 Å². The summed E-state index contributed by atoms with van der Waals surface area (Å²) in [6, 6.07) is 0. The molecule has 24 heavy (non-hydrogen) atoms. The minimum absolute atomic E-state index is 0.159. The topological polar surface area (TPSA) is 92.3 Å². The molecule has 0 aromatic carbocycles. The molecule has 0 spiro atoms. The first kappa shape index (κ1) is 16.5. The minimum atomic E-state index is -0.469. The molecule has 0 aliphatic carbocycles. The van der Waals surface area contributed by atoms with Gasteiger partial charge in [0.25, 0.3) is 0 Å². The van der Waals surface area contributed by atoms with Gasteiger partial charge in [0.1, 0.15) is 0 Å². The predicted molar refractivity (Wildman–Crippen MR) is 88.9 cm³/mol. The summed E-state index contributed by atoms with van der Waals surface area (Å²) >= 11 is 1.35. The normalized spacial score (nSPS) is 14.5. The molecular weight excluding hydrogens is 335 g/mol. The maximum Gasteiger partial charge on any atom is 0.227 e. The van der Waals surface area contributed by atoms with Crippen molar-refractivity contribution in [1.82, 2.24) is 15.0 Å². The van der Waals surface area contributed by atoms with E-state index in [1.54, 1.807) is 11.6 Å². The van der Waals surface area contributed by atoms with E-state index in [1.165, 1.54) is 11.3 Å². The fourth-order valence-electron chi connectivity index (χ4n) is 2.19. The Balaban J connectivity index is 1.52. The van der Waals surface area contributed by atoms with E-state index < -0.39 is 5.82 Å². The number of carbonyl (C=O) groups is 1. The highest BCUT2D eigenvalue weighted by atomic mass is 32.1. The number of ether oxygens (including phenoxy) is 1. The van der Waals surface area contributed by atoms with Crippen LogP contribution in [0.25, 0.3) is 0 Å².